The molecule has 18 heavy (non-hydrogen) atoms. The van der Waals surface area contributed by atoms with Gasteiger partial charge in [-0.2, -0.15) is 0 Å². The second-order valence-electron chi connectivity index (χ2n) is 4.09. The lowest BCUT2D eigenvalue weighted by Gasteiger charge is -2.10. The van der Waals surface area contributed by atoms with Gasteiger partial charge in [0, 0.05) is 0 Å². The number of methoxy groups -OCH3 is 1. The van der Waals surface area contributed by atoms with Gasteiger partial charge in [-0.05, 0) is 28.5 Å². The average molecular weight is 241 g/mol. The normalized spacial score (nSPS) is 12.1. The Balaban J connectivity index is 2.50. The predicted octanol–water partition coefficient (Wildman–Crippen LogP) is 2.60. The van der Waals surface area contributed by atoms with Crippen molar-refractivity contribution in [3.63, 3.8) is 0 Å². The number of nitrogens with two attached hydrogens (primary N) is 1. The van der Waals surface area contributed by atoms with Crippen LogP contribution in [0.5, 0.6) is 5.75 Å². The molecule has 2 aromatic rings. The summed E-state index contributed by atoms with van der Waals surface area (Å²) in [6.45, 7) is 3.65. The molecule has 0 aliphatic rings. The molecule has 0 fully saturated rings. The Morgan fingerprint density at radius 1 is 1.28 bits per heavy atom. The Bertz CT molecular complexity index is 604. The van der Waals surface area contributed by atoms with E-state index in [9.17, 15) is 4.79 Å². The number of primary amides is 1. The molecule has 3 heteroatoms. The van der Waals surface area contributed by atoms with Crippen molar-refractivity contribution in [1.82, 2.24) is 0 Å². The van der Waals surface area contributed by atoms with Gasteiger partial charge in [0.1, 0.15) is 5.75 Å². The first-order valence-electron chi connectivity index (χ1n) is 5.65. The summed E-state index contributed by atoms with van der Waals surface area (Å²) in [5.41, 5.74) is 6.20. The van der Waals surface area contributed by atoms with Crippen molar-refractivity contribution in [2.24, 2.45) is 5.73 Å². The molecular weight excluding hydrogens is 226 g/mol. The van der Waals surface area contributed by atoms with Crippen LogP contribution in [0.1, 0.15) is 11.5 Å². The van der Waals surface area contributed by atoms with E-state index in [2.05, 4.69) is 6.58 Å². The van der Waals surface area contributed by atoms with Crippen LogP contribution in [-0.2, 0) is 4.79 Å². The maximum absolute atomic E-state index is 11.3. The highest BCUT2D eigenvalue weighted by Crippen LogP contribution is 2.25. The van der Waals surface area contributed by atoms with E-state index in [4.69, 9.17) is 10.5 Å². The Kier molecular flexibility index (Phi) is 3.33. The van der Waals surface area contributed by atoms with Crippen LogP contribution < -0.4 is 10.5 Å². The molecule has 2 rings (SSSR count). The molecule has 0 saturated heterocycles. The molecular formula is C15H15NO2. The van der Waals surface area contributed by atoms with E-state index in [1.165, 1.54) is 0 Å². The Morgan fingerprint density at radius 2 is 1.94 bits per heavy atom. The third-order valence-corrected chi connectivity index (χ3v) is 2.97. The van der Waals surface area contributed by atoms with Crippen molar-refractivity contribution in [1.29, 1.82) is 0 Å². The fraction of sp³-hybridized carbons (Fsp3) is 0.133. The van der Waals surface area contributed by atoms with Gasteiger partial charge in [0.15, 0.2) is 0 Å². The number of hydrogen-bond acceptors (Lipinski definition) is 2. The number of fused-ring (bicyclic) bond motifs is 1. The molecule has 0 aliphatic carbocycles. The molecule has 0 heterocycles. The van der Waals surface area contributed by atoms with Gasteiger partial charge in [0.2, 0.25) is 5.91 Å². The van der Waals surface area contributed by atoms with Crippen LogP contribution in [-0.4, -0.2) is 13.0 Å². The van der Waals surface area contributed by atoms with Crippen molar-refractivity contribution in [2.75, 3.05) is 7.11 Å². The van der Waals surface area contributed by atoms with E-state index in [0.717, 1.165) is 22.1 Å². The van der Waals surface area contributed by atoms with Crippen LogP contribution in [0.2, 0.25) is 0 Å². The first-order chi connectivity index (χ1) is 8.65. The zero-order chi connectivity index (χ0) is 13.1. The van der Waals surface area contributed by atoms with Crippen LogP contribution >= 0.6 is 0 Å². The molecule has 0 aromatic heterocycles. The fourth-order valence-corrected chi connectivity index (χ4v) is 1.98. The third-order valence-electron chi connectivity index (χ3n) is 2.97. The van der Waals surface area contributed by atoms with E-state index in [1.807, 2.05) is 36.4 Å². The monoisotopic (exact) mass is 241 g/mol. The van der Waals surface area contributed by atoms with Crippen molar-refractivity contribution in [3.8, 4) is 5.75 Å². The summed E-state index contributed by atoms with van der Waals surface area (Å²) in [6.07, 6.45) is 1.56. The minimum Gasteiger partial charge on any atom is -0.497 e. The average Bonchev–Trinajstić information content (AvgIpc) is 2.38. The third kappa shape index (κ3) is 2.20. The van der Waals surface area contributed by atoms with Gasteiger partial charge in [-0.3, -0.25) is 4.79 Å². The summed E-state index contributed by atoms with van der Waals surface area (Å²) in [6, 6.07) is 11.6. The Morgan fingerprint density at radius 3 is 2.56 bits per heavy atom. The highest BCUT2D eigenvalue weighted by atomic mass is 16.5. The van der Waals surface area contributed by atoms with Gasteiger partial charge in [-0.1, -0.05) is 30.3 Å². The van der Waals surface area contributed by atoms with Gasteiger partial charge in [0.05, 0.1) is 13.0 Å². The molecule has 1 unspecified atom stereocenters. The minimum atomic E-state index is -0.448. The molecule has 0 saturated carbocycles. The maximum Gasteiger partial charge on any atom is 0.228 e. The van der Waals surface area contributed by atoms with Gasteiger partial charge in [0.25, 0.3) is 0 Å². The Hall–Kier alpha value is -2.29. The zero-order valence-corrected chi connectivity index (χ0v) is 10.2. The van der Waals surface area contributed by atoms with Gasteiger partial charge >= 0.3 is 0 Å². The van der Waals surface area contributed by atoms with E-state index >= 15 is 0 Å². The smallest absolute Gasteiger partial charge is 0.228 e. The van der Waals surface area contributed by atoms with Crippen molar-refractivity contribution in [2.45, 2.75) is 5.92 Å². The van der Waals surface area contributed by atoms with Crippen molar-refractivity contribution < 1.29 is 9.53 Å². The SMILES string of the molecule is C=CC(C(N)=O)c1ccc2cc(OC)ccc2c1. The molecule has 92 valence electrons. The van der Waals surface area contributed by atoms with Crippen molar-refractivity contribution in [3.05, 3.63) is 54.6 Å². The largest absolute Gasteiger partial charge is 0.497 e. The van der Waals surface area contributed by atoms with E-state index in [0.29, 0.717) is 0 Å². The molecule has 2 aromatic carbocycles. The van der Waals surface area contributed by atoms with Crippen LogP contribution in [0.4, 0.5) is 0 Å². The van der Waals surface area contributed by atoms with Crippen LogP contribution in [0, 0.1) is 0 Å². The number of carbonyl (C=O) groups is 1. The number of hydrogen-bond donors (Lipinski definition) is 1. The summed E-state index contributed by atoms with van der Waals surface area (Å²) in [4.78, 5) is 11.3. The summed E-state index contributed by atoms with van der Waals surface area (Å²) in [7, 11) is 1.64. The number of amides is 1. The zero-order valence-electron chi connectivity index (χ0n) is 10.2. The quantitative estimate of drug-likeness (QED) is 0.836. The van der Waals surface area contributed by atoms with Crippen LogP contribution in [0.3, 0.4) is 0 Å². The minimum absolute atomic E-state index is 0.391. The molecule has 0 spiro atoms. The first kappa shape index (κ1) is 12.2. The van der Waals surface area contributed by atoms with Crippen LogP contribution in [0.25, 0.3) is 10.8 Å². The second kappa shape index (κ2) is 4.92. The first-order valence-corrected chi connectivity index (χ1v) is 5.65. The van der Waals surface area contributed by atoms with Gasteiger partial charge < -0.3 is 10.5 Å². The second-order valence-corrected chi connectivity index (χ2v) is 4.09. The fourth-order valence-electron chi connectivity index (χ4n) is 1.98. The lowest BCUT2D eigenvalue weighted by molar-refractivity contribution is -0.118. The molecule has 0 aliphatic heterocycles. The molecule has 0 bridgehead atoms. The summed E-state index contributed by atoms with van der Waals surface area (Å²) >= 11 is 0. The lowest BCUT2D eigenvalue weighted by Crippen LogP contribution is -2.19. The lowest BCUT2D eigenvalue weighted by atomic mass is 9.96. The van der Waals surface area contributed by atoms with Crippen LogP contribution in [0.15, 0.2) is 49.1 Å². The molecule has 3 nitrogen and oxygen atoms in total. The highest BCUT2D eigenvalue weighted by molar-refractivity contribution is 5.88. The number of carbonyl (C=O) groups excluding carboxylic acids is 1. The maximum atomic E-state index is 11.3. The van der Waals surface area contributed by atoms with E-state index < -0.39 is 11.8 Å². The summed E-state index contributed by atoms with van der Waals surface area (Å²) in [5, 5.41) is 2.10. The van der Waals surface area contributed by atoms with Crippen molar-refractivity contribution >= 4 is 16.7 Å². The number of benzene rings is 2. The molecule has 2 N–H and O–H groups in total. The Labute approximate surface area is 106 Å². The standard InChI is InChI=1S/C15H15NO2/c1-3-14(15(16)17)12-5-4-11-9-13(18-2)7-6-10(11)8-12/h3-9,14H,1H2,2H3,(H2,16,17). The summed E-state index contributed by atoms with van der Waals surface area (Å²) < 4.78 is 5.17. The van der Waals surface area contributed by atoms with Gasteiger partial charge in [-0.25, -0.2) is 0 Å². The van der Waals surface area contributed by atoms with E-state index in [1.54, 1.807) is 13.2 Å². The number of rotatable bonds is 4. The predicted molar refractivity (Wildman–Crippen MR) is 72.6 cm³/mol. The number of ether oxygens (including phenoxy) is 1. The highest BCUT2D eigenvalue weighted by Gasteiger charge is 2.13. The molecule has 0 radical (unpaired) electrons. The summed E-state index contributed by atoms with van der Waals surface area (Å²) in [5.74, 6) is -0.0280. The molecule has 1 atom stereocenters. The molecule has 1 amide bonds. The van der Waals surface area contributed by atoms with E-state index in [-0.39, 0.29) is 0 Å². The topological polar surface area (TPSA) is 52.3 Å². The van der Waals surface area contributed by atoms with Gasteiger partial charge in [-0.15, -0.1) is 6.58 Å².